The third kappa shape index (κ3) is 4.61. The summed E-state index contributed by atoms with van der Waals surface area (Å²) in [6.45, 7) is 1.57. The predicted octanol–water partition coefficient (Wildman–Crippen LogP) is 4.99. The Morgan fingerprint density at radius 3 is 2.79 bits per heavy atom. The van der Waals surface area contributed by atoms with Crippen LogP contribution in [0.25, 0.3) is 11.5 Å². The highest BCUT2D eigenvalue weighted by Crippen LogP contribution is 2.31. The summed E-state index contributed by atoms with van der Waals surface area (Å²) in [6, 6.07) is 9.34. The second-order valence-corrected chi connectivity index (χ2v) is 7.31. The van der Waals surface area contributed by atoms with Crippen molar-refractivity contribution in [1.82, 2.24) is 10.2 Å². The van der Waals surface area contributed by atoms with E-state index in [0.717, 1.165) is 11.8 Å². The van der Waals surface area contributed by atoms with Crippen molar-refractivity contribution in [3.05, 3.63) is 62.1 Å². The molecule has 1 amide bonds. The summed E-state index contributed by atoms with van der Waals surface area (Å²) in [5.74, 6) is -0.171. The Morgan fingerprint density at radius 1 is 1.29 bits per heavy atom. The Bertz CT molecular complexity index is 1060. The van der Waals surface area contributed by atoms with E-state index in [9.17, 15) is 14.9 Å². The van der Waals surface area contributed by atoms with E-state index in [2.05, 4.69) is 15.5 Å². The molecular weight excluding hydrogens is 427 g/mol. The number of amides is 1. The number of carbonyl (C=O) groups excluding carboxylic acids is 1. The number of aromatic nitrogens is 2. The quantitative estimate of drug-likeness (QED) is 0.327. The smallest absolute Gasteiger partial charge is 0.277 e. The van der Waals surface area contributed by atoms with Crippen LogP contribution in [0, 0.1) is 17.0 Å². The van der Waals surface area contributed by atoms with Crippen LogP contribution in [0.15, 0.2) is 46.0 Å². The van der Waals surface area contributed by atoms with E-state index in [0.29, 0.717) is 26.9 Å². The maximum Gasteiger partial charge on any atom is 0.277 e. The molecule has 0 bridgehead atoms. The molecule has 1 aromatic heterocycles. The largest absolute Gasteiger partial charge is 0.411 e. The molecule has 0 aliphatic carbocycles. The zero-order chi connectivity index (χ0) is 20.3. The monoisotopic (exact) mass is 438 g/mol. The van der Waals surface area contributed by atoms with Crippen LogP contribution < -0.4 is 5.32 Å². The number of hydrogen-bond donors (Lipinski definition) is 1. The molecule has 11 heteroatoms. The Labute approximate surface area is 173 Å². The molecule has 2 aromatic carbocycles. The lowest BCUT2D eigenvalue weighted by Gasteiger charge is -2.07. The minimum Gasteiger partial charge on any atom is -0.411 e. The van der Waals surface area contributed by atoms with Crippen LogP contribution in [0.5, 0.6) is 0 Å². The number of anilines is 1. The zero-order valence-corrected chi connectivity index (χ0v) is 16.6. The Hall–Kier alpha value is -2.62. The van der Waals surface area contributed by atoms with Crippen LogP contribution in [-0.4, -0.2) is 26.8 Å². The second kappa shape index (κ2) is 8.59. The molecular formula is C17H12Cl2N4O4S. The van der Waals surface area contributed by atoms with Gasteiger partial charge in [-0.15, -0.1) is 10.2 Å². The number of nitrogens with one attached hydrogen (secondary N) is 1. The van der Waals surface area contributed by atoms with Crippen molar-refractivity contribution in [3.63, 3.8) is 0 Å². The minimum atomic E-state index is -0.498. The fourth-order valence-electron chi connectivity index (χ4n) is 2.31. The molecule has 8 nitrogen and oxygen atoms in total. The van der Waals surface area contributed by atoms with Crippen LogP contribution in [-0.2, 0) is 4.79 Å². The first-order valence-electron chi connectivity index (χ1n) is 7.80. The SMILES string of the molecule is Cc1c(NC(=O)CSc2nnc(-c3ccc(Cl)cc3Cl)o2)cccc1[N+](=O)[O-]. The van der Waals surface area contributed by atoms with Gasteiger partial charge in [-0.2, -0.15) is 0 Å². The number of nitro groups is 1. The third-order valence-electron chi connectivity index (χ3n) is 3.67. The fourth-order valence-corrected chi connectivity index (χ4v) is 3.36. The van der Waals surface area contributed by atoms with Crippen molar-refractivity contribution in [2.75, 3.05) is 11.1 Å². The van der Waals surface area contributed by atoms with E-state index < -0.39 is 4.92 Å². The number of nitrogens with zero attached hydrogens (tertiary/aromatic N) is 3. The lowest BCUT2D eigenvalue weighted by molar-refractivity contribution is -0.385. The molecule has 0 fully saturated rings. The first kappa shape index (κ1) is 20.1. The van der Waals surface area contributed by atoms with E-state index in [1.807, 2.05) is 0 Å². The van der Waals surface area contributed by atoms with Gasteiger partial charge in [0, 0.05) is 11.1 Å². The van der Waals surface area contributed by atoms with Crippen molar-refractivity contribution in [3.8, 4) is 11.5 Å². The molecule has 3 rings (SSSR count). The van der Waals surface area contributed by atoms with E-state index in [4.69, 9.17) is 27.6 Å². The normalized spacial score (nSPS) is 10.7. The summed E-state index contributed by atoms with van der Waals surface area (Å²) in [7, 11) is 0. The molecule has 144 valence electrons. The van der Waals surface area contributed by atoms with Gasteiger partial charge in [0.05, 0.1) is 32.5 Å². The van der Waals surface area contributed by atoms with Crippen LogP contribution in [0.4, 0.5) is 11.4 Å². The topological polar surface area (TPSA) is 111 Å². The number of thioether (sulfide) groups is 1. The number of nitro benzene ring substituents is 1. The zero-order valence-electron chi connectivity index (χ0n) is 14.3. The van der Waals surface area contributed by atoms with Crippen LogP contribution >= 0.6 is 35.0 Å². The summed E-state index contributed by atoms with van der Waals surface area (Å²) in [5, 5.41) is 22.4. The van der Waals surface area contributed by atoms with Gasteiger partial charge in [-0.05, 0) is 31.2 Å². The Balaban J connectivity index is 1.64. The van der Waals surface area contributed by atoms with Crippen LogP contribution in [0.1, 0.15) is 5.56 Å². The molecule has 0 saturated carbocycles. The average Bonchev–Trinajstić information content (AvgIpc) is 3.10. The van der Waals surface area contributed by atoms with Gasteiger partial charge in [0.2, 0.25) is 11.8 Å². The molecule has 3 aromatic rings. The predicted molar refractivity (Wildman–Crippen MR) is 107 cm³/mol. The summed E-state index contributed by atoms with van der Waals surface area (Å²) >= 11 is 13.0. The van der Waals surface area contributed by atoms with Gasteiger partial charge in [-0.3, -0.25) is 14.9 Å². The fraction of sp³-hybridized carbons (Fsp3) is 0.118. The van der Waals surface area contributed by atoms with Crippen molar-refractivity contribution >= 4 is 52.2 Å². The molecule has 0 unspecified atom stereocenters. The van der Waals surface area contributed by atoms with Gasteiger partial charge < -0.3 is 9.73 Å². The van der Waals surface area contributed by atoms with Gasteiger partial charge in [-0.1, -0.05) is 41.0 Å². The maximum absolute atomic E-state index is 12.2. The summed E-state index contributed by atoms with van der Waals surface area (Å²) in [4.78, 5) is 22.6. The number of halogens is 2. The van der Waals surface area contributed by atoms with Crippen molar-refractivity contribution in [1.29, 1.82) is 0 Å². The third-order valence-corrected chi connectivity index (χ3v) is 5.04. The molecule has 1 N–H and O–H groups in total. The summed E-state index contributed by atoms with van der Waals surface area (Å²) in [6.07, 6.45) is 0. The number of benzene rings is 2. The van der Waals surface area contributed by atoms with E-state index in [-0.39, 0.29) is 28.5 Å². The van der Waals surface area contributed by atoms with Gasteiger partial charge in [0.1, 0.15) is 0 Å². The molecule has 0 saturated heterocycles. The van der Waals surface area contributed by atoms with Crippen LogP contribution in [0.3, 0.4) is 0 Å². The first-order valence-corrected chi connectivity index (χ1v) is 9.55. The van der Waals surface area contributed by atoms with Gasteiger partial charge in [-0.25, -0.2) is 0 Å². The lowest BCUT2D eigenvalue weighted by Crippen LogP contribution is -2.15. The Kier molecular flexibility index (Phi) is 6.18. The molecule has 0 aliphatic heterocycles. The molecule has 0 spiro atoms. The molecule has 0 atom stereocenters. The molecule has 0 aliphatic rings. The van der Waals surface area contributed by atoms with Gasteiger partial charge >= 0.3 is 0 Å². The van der Waals surface area contributed by atoms with Crippen molar-refractivity contribution in [2.45, 2.75) is 12.1 Å². The van der Waals surface area contributed by atoms with Gasteiger partial charge in [0.15, 0.2) is 0 Å². The van der Waals surface area contributed by atoms with Crippen molar-refractivity contribution in [2.24, 2.45) is 0 Å². The average molecular weight is 439 g/mol. The number of carbonyl (C=O) groups is 1. The molecule has 28 heavy (non-hydrogen) atoms. The highest BCUT2D eigenvalue weighted by Gasteiger charge is 2.17. The van der Waals surface area contributed by atoms with Gasteiger partial charge in [0.25, 0.3) is 10.9 Å². The Morgan fingerprint density at radius 2 is 2.07 bits per heavy atom. The van der Waals surface area contributed by atoms with Crippen molar-refractivity contribution < 1.29 is 14.1 Å². The highest BCUT2D eigenvalue weighted by atomic mass is 35.5. The molecule has 1 heterocycles. The lowest BCUT2D eigenvalue weighted by atomic mass is 10.1. The van der Waals surface area contributed by atoms with E-state index in [1.54, 1.807) is 31.2 Å². The first-order chi connectivity index (χ1) is 13.3. The number of hydrogen-bond acceptors (Lipinski definition) is 7. The van der Waals surface area contributed by atoms with E-state index in [1.165, 1.54) is 12.1 Å². The maximum atomic E-state index is 12.2. The van der Waals surface area contributed by atoms with Crippen LogP contribution in [0.2, 0.25) is 10.0 Å². The standard InChI is InChI=1S/C17H12Cl2N4O4S/c1-9-13(3-2-4-14(9)23(25)26)20-15(24)8-28-17-22-21-16(27-17)11-6-5-10(18)7-12(11)19/h2-7H,8H2,1H3,(H,20,24). The number of rotatable bonds is 6. The highest BCUT2D eigenvalue weighted by molar-refractivity contribution is 7.99. The second-order valence-electron chi connectivity index (χ2n) is 5.54. The van der Waals surface area contributed by atoms with E-state index >= 15 is 0 Å². The summed E-state index contributed by atoms with van der Waals surface area (Å²) < 4.78 is 5.51. The minimum absolute atomic E-state index is 0.0158. The summed E-state index contributed by atoms with van der Waals surface area (Å²) in [5.41, 5.74) is 1.22. The molecule has 0 radical (unpaired) electrons.